The standard InChI is InChI=1S/C23H23N3O5/c27-22(16-5-2-1-3-6-16)25-17-8-10-18(11-9-17)30-15-20-13-21(26-31-20)23(28)24-14-19-7-4-12-29-19/h1-3,5-6,8-11,13,19H,4,7,12,14-15H2,(H,24,28)(H,25,27). The number of aromatic nitrogens is 1. The number of benzene rings is 2. The van der Waals surface area contributed by atoms with Crippen LogP contribution in [0, 0.1) is 0 Å². The molecule has 2 amide bonds. The van der Waals surface area contributed by atoms with Crippen LogP contribution in [0.3, 0.4) is 0 Å². The lowest BCUT2D eigenvalue weighted by molar-refractivity contribution is 0.0850. The molecule has 0 bridgehead atoms. The van der Waals surface area contributed by atoms with Gasteiger partial charge in [0.25, 0.3) is 11.8 Å². The summed E-state index contributed by atoms with van der Waals surface area (Å²) in [5.41, 5.74) is 1.45. The van der Waals surface area contributed by atoms with Crippen LogP contribution >= 0.6 is 0 Å². The van der Waals surface area contributed by atoms with Crippen LogP contribution in [0.2, 0.25) is 0 Å². The molecule has 4 rings (SSSR count). The summed E-state index contributed by atoms with van der Waals surface area (Å²) < 4.78 is 16.3. The average molecular weight is 421 g/mol. The van der Waals surface area contributed by atoms with E-state index in [0.717, 1.165) is 19.4 Å². The molecule has 1 atom stereocenters. The van der Waals surface area contributed by atoms with Gasteiger partial charge in [-0.15, -0.1) is 0 Å². The molecule has 1 fully saturated rings. The molecule has 0 spiro atoms. The second-order valence-electron chi connectivity index (χ2n) is 7.16. The second kappa shape index (κ2) is 9.90. The van der Waals surface area contributed by atoms with Crippen molar-refractivity contribution in [3.8, 4) is 5.75 Å². The number of nitrogens with one attached hydrogen (secondary N) is 2. The van der Waals surface area contributed by atoms with Crippen molar-refractivity contribution in [3.05, 3.63) is 77.7 Å². The first-order valence-corrected chi connectivity index (χ1v) is 10.1. The number of anilines is 1. The summed E-state index contributed by atoms with van der Waals surface area (Å²) >= 11 is 0. The first kappa shape index (κ1) is 20.6. The summed E-state index contributed by atoms with van der Waals surface area (Å²) in [4.78, 5) is 24.3. The van der Waals surface area contributed by atoms with E-state index in [1.54, 1.807) is 42.5 Å². The zero-order valence-corrected chi connectivity index (χ0v) is 16.9. The molecule has 31 heavy (non-hydrogen) atoms. The van der Waals surface area contributed by atoms with Crippen molar-refractivity contribution in [1.82, 2.24) is 10.5 Å². The number of nitrogens with zero attached hydrogens (tertiary/aromatic N) is 1. The van der Waals surface area contributed by atoms with Crippen LogP contribution in [0.1, 0.15) is 39.4 Å². The summed E-state index contributed by atoms with van der Waals surface area (Å²) in [6, 6.07) is 17.5. The first-order valence-electron chi connectivity index (χ1n) is 10.1. The van der Waals surface area contributed by atoms with Crippen LogP contribution in [0.25, 0.3) is 0 Å². The molecule has 1 unspecified atom stereocenters. The van der Waals surface area contributed by atoms with Gasteiger partial charge < -0.3 is 24.6 Å². The van der Waals surface area contributed by atoms with E-state index >= 15 is 0 Å². The van der Waals surface area contributed by atoms with E-state index < -0.39 is 0 Å². The van der Waals surface area contributed by atoms with E-state index in [1.807, 2.05) is 18.2 Å². The molecule has 1 aliphatic heterocycles. The quantitative estimate of drug-likeness (QED) is 0.578. The number of rotatable bonds is 8. The third-order valence-electron chi connectivity index (χ3n) is 4.84. The van der Waals surface area contributed by atoms with E-state index in [9.17, 15) is 9.59 Å². The van der Waals surface area contributed by atoms with E-state index in [1.165, 1.54) is 0 Å². The topological polar surface area (TPSA) is 103 Å². The fourth-order valence-electron chi connectivity index (χ4n) is 3.17. The number of ether oxygens (including phenoxy) is 2. The number of carbonyl (C=O) groups excluding carboxylic acids is 2. The number of hydrogen-bond acceptors (Lipinski definition) is 6. The molecule has 2 heterocycles. The van der Waals surface area contributed by atoms with Crippen molar-refractivity contribution in [2.45, 2.75) is 25.6 Å². The SMILES string of the molecule is O=C(Nc1ccc(OCc2cc(C(=O)NCC3CCCO3)no2)cc1)c1ccccc1. The predicted octanol–water partition coefficient (Wildman–Crippen LogP) is 3.41. The van der Waals surface area contributed by atoms with Gasteiger partial charge in [-0.3, -0.25) is 9.59 Å². The van der Waals surface area contributed by atoms with E-state index in [0.29, 0.717) is 29.3 Å². The third-order valence-corrected chi connectivity index (χ3v) is 4.84. The summed E-state index contributed by atoms with van der Waals surface area (Å²) in [5, 5.41) is 9.42. The van der Waals surface area contributed by atoms with Crippen LogP contribution in [0.15, 0.2) is 65.2 Å². The average Bonchev–Trinajstić information content (AvgIpc) is 3.50. The highest BCUT2D eigenvalue weighted by Crippen LogP contribution is 2.18. The Bertz CT molecular complexity index is 1010. The molecular weight excluding hydrogens is 398 g/mol. The summed E-state index contributed by atoms with van der Waals surface area (Å²) in [6.45, 7) is 1.33. The minimum Gasteiger partial charge on any atom is -0.486 e. The molecule has 8 nitrogen and oxygen atoms in total. The zero-order chi connectivity index (χ0) is 21.5. The van der Waals surface area contributed by atoms with Crippen LogP contribution in [0.5, 0.6) is 5.75 Å². The lowest BCUT2D eigenvalue weighted by Gasteiger charge is -2.09. The molecule has 1 saturated heterocycles. The van der Waals surface area contributed by atoms with Gasteiger partial charge >= 0.3 is 0 Å². The Morgan fingerprint density at radius 3 is 2.61 bits per heavy atom. The molecule has 160 valence electrons. The Morgan fingerprint density at radius 2 is 1.87 bits per heavy atom. The molecule has 8 heteroatoms. The second-order valence-corrected chi connectivity index (χ2v) is 7.16. The minimum absolute atomic E-state index is 0.0686. The van der Waals surface area contributed by atoms with Gasteiger partial charge in [-0.25, -0.2) is 0 Å². The largest absolute Gasteiger partial charge is 0.486 e. The van der Waals surface area contributed by atoms with Gasteiger partial charge in [-0.2, -0.15) is 0 Å². The van der Waals surface area contributed by atoms with Crippen LogP contribution < -0.4 is 15.4 Å². The summed E-state index contributed by atoms with van der Waals surface area (Å²) in [5.74, 6) is 0.549. The molecule has 0 radical (unpaired) electrons. The maximum atomic E-state index is 12.2. The Balaban J connectivity index is 1.25. The van der Waals surface area contributed by atoms with Gasteiger partial charge in [0.05, 0.1) is 6.10 Å². The Labute approximate surface area is 179 Å². The number of amides is 2. The molecule has 1 aromatic heterocycles. The van der Waals surface area contributed by atoms with Crippen LogP contribution in [-0.4, -0.2) is 36.2 Å². The fourth-order valence-corrected chi connectivity index (χ4v) is 3.17. The molecule has 3 aromatic rings. The van der Waals surface area contributed by atoms with E-state index in [-0.39, 0.29) is 30.2 Å². The highest BCUT2D eigenvalue weighted by molar-refractivity contribution is 6.04. The van der Waals surface area contributed by atoms with Crippen LogP contribution in [-0.2, 0) is 11.3 Å². The number of carbonyl (C=O) groups is 2. The highest BCUT2D eigenvalue weighted by Gasteiger charge is 2.18. The van der Waals surface area contributed by atoms with Crippen molar-refractivity contribution in [2.24, 2.45) is 0 Å². The van der Waals surface area contributed by atoms with Crippen molar-refractivity contribution >= 4 is 17.5 Å². The molecule has 2 N–H and O–H groups in total. The summed E-state index contributed by atoms with van der Waals surface area (Å²) in [7, 11) is 0. The monoisotopic (exact) mass is 421 g/mol. The normalized spacial score (nSPS) is 15.4. The van der Waals surface area contributed by atoms with Gasteiger partial charge in [-0.05, 0) is 49.2 Å². The minimum atomic E-state index is -0.302. The Morgan fingerprint density at radius 1 is 1.06 bits per heavy atom. The van der Waals surface area contributed by atoms with Gasteiger partial charge in [0, 0.05) is 30.5 Å². The van der Waals surface area contributed by atoms with Gasteiger partial charge in [0.2, 0.25) is 0 Å². The summed E-state index contributed by atoms with van der Waals surface area (Å²) in [6.07, 6.45) is 2.04. The van der Waals surface area contributed by atoms with E-state index in [2.05, 4.69) is 15.8 Å². The van der Waals surface area contributed by atoms with Gasteiger partial charge in [0.1, 0.15) is 12.4 Å². The predicted molar refractivity (Wildman–Crippen MR) is 113 cm³/mol. The lowest BCUT2D eigenvalue weighted by atomic mass is 10.2. The number of hydrogen-bond donors (Lipinski definition) is 2. The fraction of sp³-hybridized carbons (Fsp3) is 0.261. The smallest absolute Gasteiger partial charge is 0.273 e. The zero-order valence-electron chi connectivity index (χ0n) is 16.9. The highest BCUT2D eigenvalue weighted by atomic mass is 16.5. The molecular formula is C23H23N3O5. The molecule has 0 saturated carbocycles. The third kappa shape index (κ3) is 5.70. The molecule has 2 aromatic carbocycles. The van der Waals surface area contributed by atoms with Crippen molar-refractivity contribution in [1.29, 1.82) is 0 Å². The first-order chi connectivity index (χ1) is 15.2. The van der Waals surface area contributed by atoms with Crippen LogP contribution in [0.4, 0.5) is 5.69 Å². The maximum absolute atomic E-state index is 12.2. The van der Waals surface area contributed by atoms with Crippen molar-refractivity contribution < 1.29 is 23.6 Å². The van der Waals surface area contributed by atoms with Crippen molar-refractivity contribution in [2.75, 3.05) is 18.5 Å². The van der Waals surface area contributed by atoms with Gasteiger partial charge in [0.15, 0.2) is 11.5 Å². The molecule has 0 aliphatic carbocycles. The molecule has 1 aliphatic rings. The van der Waals surface area contributed by atoms with Gasteiger partial charge in [-0.1, -0.05) is 23.4 Å². The Kier molecular flexibility index (Phi) is 6.59. The van der Waals surface area contributed by atoms with E-state index in [4.69, 9.17) is 14.0 Å². The lowest BCUT2D eigenvalue weighted by Crippen LogP contribution is -2.31. The Hall–Kier alpha value is -3.65. The van der Waals surface area contributed by atoms with Crippen molar-refractivity contribution in [3.63, 3.8) is 0 Å². The maximum Gasteiger partial charge on any atom is 0.273 e.